The Morgan fingerprint density at radius 2 is 1.58 bits per heavy atom. The van der Waals surface area contributed by atoms with Crippen LogP contribution in [0.2, 0.25) is 0 Å². The van der Waals surface area contributed by atoms with Crippen LogP contribution in [0, 0.1) is 18.8 Å². The van der Waals surface area contributed by atoms with Gasteiger partial charge in [0.05, 0.1) is 23.2 Å². The van der Waals surface area contributed by atoms with Crippen LogP contribution in [0.5, 0.6) is 0 Å². The smallest absolute Gasteiger partial charge is 0.0870 e. The monoisotopic (exact) mass is 536 g/mol. The summed E-state index contributed by atoms with van der Waals surface area (Å²) in [4.78, 5) is 9.06. The van der Waals surface area contributed by atoms with Crippen molar-refractivity contribution in [3.8, 4) is 11.3 Å². The van der Waals surface area contributed by atoms with Crippen LogP contribution in [-0.2, 0) is 21.1 Å². The second-order valence-electron chi connectivity index (χ2n) is 6.00. The van der Waals surface area contributed by atoms with Gasteiger partial charge in [0, 0.05) is 38.3 Å². The number of rotatable bonds is 3. The number of aliphatic hydroxyl groups is 2. The summed E-state index contributed by atoms with van der Waals surface area (Å²) in [5.74, 6) is -0.301. The molecule has 0 aliphatic heterocycles. The zero-order valence-corrected chi connectivity index (χ0v) is 17.2. The third-order valence-electron chi connectivity index (χ3n) is 3.46. The molecule has 4 nitrogen and oxygen atoms in total. The van der Waals surface area contributed by atoms with E-state index in [0.717, 1.165) is 28.0 Å². The minimum atomic E-state index is -0.375. The van der Waals surface area contributed by atoms with Crippen LogP contribution in [-0.4, -0.2) is 32.4 Å². The van der Waals surface area contributed by atoms with Crippen LogP contribution in [0.1, 0.15) is 26.0 Å². The van der Waals surface area contributed by atoms with E-state index in [2.05, 4.69) is 16.0 Å². The van der Waals surface area contributed by atoms with E-state index in [-0.39, 0.29) is 39.1 Å². The zero-order chi connectivity index (χ0) is 18.4. The summed E-state index contributed by atoms with van der Waals surface area (Å²) in [6.07, 6.45) is -0.278. The number of benzene rings is 2. The molecule has 0 amide bonds. The molecule has 2 aromatic carbocycles. The molecule has 0 fully saturated rings. The summed E-state index contributed by atoms with van der Waals surface area (Å²) in [5.41, 5.74) is 4.01. The van der Waals surface area contributed by atoms with Gasteiger partial charge in [-0.25, -0.2) is 0 Å². The topological polar surface area (TPSA) is 66.2 Å². The molecule has 2 unspecified atom stereocenters. The van der Waals surface area contributed by atoms with Gasteiger partial charge in [0.1, 0.15) is 0 Å². The maximum absolute atomic E-state index is 12.9. The van der Waals surface area contributed by atoms with E-state index in [1.165, 1.54) is 12.1 Å². The molecule has 0 saturated heterocycles. The number of aromatic nitrogens is 2. The van der Waals surface area contributed by atoms with Gasteiger partial charge >= 0.3 is 0 Å². The number of hydrogen-bond donors (Lipinski definition) is 2. The number of aliphatic hydroxyl groups excluding tert-OH is 2. The third kappa shape index (κ3) is 6.56. The summed E-state index contributed by atoms with van der Waals surface area (Å²) in [7, 11) is 0. The van der Waals surface area contributed by atoms with E-state index >= 15 is 0 Å². The first-order valence-corrected chi connectivity index (χ1v) is 8.14. The summed E-state index contributed by atoms with van der Waals surface area (Å²) in [6, 6.07) is 15.0. The van der Waals surface area contributed by atoms with Gasteiger partial charge in [0.15, 0.2) is 0 Å². The Kier molecular flexibility index (Phi) is 9.00. The number of para-hydroxylation sites is 2. The molecule has 0 aliphatic rings. The fourth-order valence-corrected chi connectivity index (χ4v) is 2.39. The van der Waals surface area contributed by atoms with Crippen molar-refractivity contribution in [2.75, 3.05) is 0 Å². The standard InChI is InChI=1S/C15H10FN2.C5H12O2.Pt/c1-10-15(11-6-8-12(16)9-7-11)18-14-5-3-2-4-13(14)17-10;1-4(6)3-5(2)7;/h2-6,8-9H,1H3;4-7H,3H2,1-2H3;/q-1;;. The largest absolute Gasteiger partial charge is 0.393 e. The zero-order valence-electron chi connectivity index (χ0n) is 14.9. The minimum absolute atomic E-state index is 0. The molecule has 0 saturated carbocycles. The average Bonchev–Trinajstić information content (AvgIpc) is 2.54. The number of aryl methyl sites for hydroxylation is 1. The van der Waals surface area contributed by atoms with Crippen molar-refractivity contribution in [2.24, 2.45) is 0 Å². The van der Waals surface area contributed by atoms with Crippen LogP contribution in [0.3, 0.4) is 0 Å². The van der Waals surface area contributed by atoms with Crippen LogP contribution >= 0.6 is 0 Å². The van der Waals surface area contributed by atoms with Crippen molar-refractivity contribution < 1.29 is 35.7 Å². The second kappa shape index (κ2) is 10.5. The van der Waals surface area contributed by atoms with E-state index < -0.39 is 0 Å². The number of fused-ring (bicyclic) bond motifs is 1. The first-order chi connectivity index (χ1) is 11.9. The van der Waals surface area contributed by atoms with Crippen molar-refractivity contribution in [2.45, 2.75) is 39.4 Å². The van der Waals surface area contributed by atoms with Crippen molar-refractivity contribution >= 4 is 11.0 Å². The van der Waals surface area contributed by atoms with Crippen LogP contribution < -0.4 is 0 Å². The van der Waals surface area contributed by atoms with Crippen molar-refractivity contribution in [3.63, 3.8) is 0 Å². The molecule has 3 aromatic rings. The van der Waals surface area contributed by atoms with E-state index in [0.29, 0.717) is 6.42 Å². The van der Waals surface area contributed by atoms with E-state index in [9.17, 15) is 4.39 Å². The van der Waals surface area contributed by atoms with Crippen molar-refractivity contribution in [1.29, 1.82) is 0 Å². The molecule has 2 N–H and O–H groups in total. The maximum atomic E-state index is 12.9. The van der Waals surface area contributed by atoms with Gasteiger partial charge in [-0.05, 0) is 39.3 Å². The Morgan fingerprint density at radius 1 is 1.00 bits per heavy atom. The minimum Gasteiger partial charge on any atom is -0.393 e. The first kappa shape index (κ1) is 22.4. The number of nitrogens with zero attached hydrogens (tertiary/aromatic N) is 2. The number of hydrogen-bond acceptors (Lipinski definition) is 4. The Labute approximate surface area is 167 Å². The fourth-order valence-electron chi connectivity index (χ4n) is 2.39. The Bertz CT molecular complexity index is 818. The van der Waals surface area contributed by atoms with Crippen molar-refractivity contribution in [1.82, 2.24) is 9.97 Å². The average molecular weight is 536 g/mol. The molecule has 0 bridgehead atoms. The predicted molar refractivity (Wildman–Crippen MR) is 96.5 cm³/mol. The molecule has 142 valence electrons. The Morgan fingerprint density at radius 3 is 2.04 bits per heavy atom. The normalized spacial score (nSPS) is 12.5. The van der Waals surface area contributed by atoms with Gasteiger partial charge in [-0.1, -0.05) is 12.1 Å². The van der Waals surface area contributed by atoms with Crippen LogP contribution in [0.4, 0.5) is 4.39 Å². The van der Waals surface area contributed by atoms with Crippen molar-refractivity contribution in [3.05, 3.63) is 60.0 Å². The molecule has 2 atom stereocenters. The molecule has 1 aromatic heterocycles. The molecule has 0 radical (unpaired) electrons. The Hall–Kier alpha value is -1.68. The first-order valence-electron chi connectivity index (χ1n) is 8.14. The molecule has 3 rings (SSSR count). The summed E-state index contributed by atoms with van der Waals surface area (Å²) in [6.45, 7) is 5.21. The van der Waals surface area contributed by atoms with E-state index in [1.807, 2.05) is 31.2 Å². The third-order valence-corrected chi connectivity index (χ3v) is 3.46. The van der Waals surface area contributed by atoms with E-state index in [4.69, 9.17) is 10.2 Å². The summed E-state index contributed by atoms with van der Waals surface area (Å²) in [5, 5.41) is 17.1. The quantitative estimate of drug-likeness (QED) is 0.502. The fraction of sp³-hybridized carbons (Fsp3) is 0.300. The van der Waals surface area contributed by atoms with Gasteiger partial charge < -0.3 is 10.2 Å². The molecule has 0 aliphatic carbocycles. The van der Waals surface area contributed by atoms with Gasteiger partial charge in [0.25, 0.3) is 0 Å². The SMILES string of the molecule is CC(O)CC(C)O.Cc1nc2ccccc2nc1-c1[c-]cc(F)cc1.[Pt]. The second-order valence-corrected chi connectivity index (χ2v) is 6.00. The van der Waals surface area contributed by atoms with Crippen LogP contribution in [0.25, 0.3) is 22.3 Å². The van der Waals surface area contributed by atoms with Gasteiger partial charge in [0.2, 0.25) is 0 Å². The van der Waals surface area contributed by atoms with Gasteiger partial charge in [-0.2, -0.15) is 0 Å². The summed E-state index contributed by atoms with van der Waals surface area (Å²) >= 11 is 0. The van der Waals surface area contributed by atoms with Gasteiger partial charge in [-0.15, -0.1) is 29.8 Å². The van der Waals surface area contributed by atoms with Crippen LogP contribution in [0.15, 0.2) is 42.5 Å². The molecular formula is C20H22FN2O2Pt-. The molecular weight excluding hydrogens is 514 g/mol. The molecule has 26 heavy (non-hydrogen) atoms. The predicted octanol–water partition coefficient (Wildman–Crippen LogP) is 3.68. The van der Waals surface area contributed by atoms with E-state index in [1.54, 1.807) is 19.9 Å². The number of halogens is 1. The summed E-state index contributed by atoms with van der Waals surface area (Å²) < 4.78 is 12.9. The maximum Gasteiger partial charge on any atom is 0.0870 e. The Balaban J connectivity index is 0.000000366. The molecule has 0 spiro atoms. The van der Waals surface area contributed by atoms with Gasteiger partial charge in [-0.3, -0.25) is 14.4 Å². The molecule has 1 heterocycles. The molecule has 6 heteroatoms.